The van der Waals surface area contributed by atoms with Gasteiger partial charge in [0.1, 0.15) is 16.7 Å². The molecule has 3 aromatic rings. The SMILES string of the molecule is Cc1oc(-c2nc(C#N)c(NC(C)C)o2)cc1S(=O)(=O)N(C)c1ccccc1. The van der Waals surface area contributed by atoms with Gasteiger partial charge in [0.2, 0.25) is 11.6 Å². The molecule has 0 amide bonds. The predicted molar refractivity (Wildman–Crippen MR) is 104 cm³/mol. The van der Waals surface area contributed by atoms with Crippen LogP contribution in [0.25, 0.3) is 11.7 Å². The number of benzene rings is 1. The number of aromatic nitrogens is 1. The molecule has 0 aliphatic rings. The molecule has 1 aromatic carbocycles. The first-order chi connectivity index (χ1) is 13.2. The maximum Gasteiger partial charge on any atom is 0.267 e. The molecule has 0 atom stereocenters. The van der Waals surface area contributed by atoms with Crippen molar-refractivity contribution in [1.82, 2.24) is 4.98 Å². The van der Waals surface area contributed by atoms with Gasteiger partial charge in [0.05, 0.1) is 5.69 Å². The molecule has 0 bridgehead atoms. The summed E-state index contributed by atoms with van der Waals surface area (Å²) in [4.78, 5) is 4.10. The number of hydrogen-bond donors (Lipinski definition) is 1. The number of rotatable bonds is 6. The number of furan rings is 1. The molecule has 9 heteroatoms. The number of sulfonamides is 1. The van der Waals surface area contributed by atoms with Crippen LogP contribution in [0.15, 0.2) is 50.1 Å². The fourth-order valence-electron chi connectivity index (χ4n) is 2.61. The second-order valence-electron chi connectivity index (χ2n) is 6.45. The second-order valence-corrected chi connectivity index (χ2v) is 8.38. The van der Waals surface area contributed by atoms with Crippen molar-refractivity contribution < 1.29 is 17.3 Å². The molecule has 3 rings (SSSR count). The van der Waals surface area contributed by atoms with E-state index in [0.29, 0.717) is 5.69 Å². The Kier molecular flexibility index (Phi) is 5.16. The third-order valence-electron chi connectivity index (χ3n) is 3.99. The Hall–Kier alpha value is -3.25. The molecule has 0 saturated carbocycles. The molecule has 146 valence electrons. The van der Waals surface area contributed by atoms with Crippen LogP contribution in [0.1, 0.15) is 25.3 Å². The number of oxazole rings is 1. The van der Waals surface area contributed by atoms with E-state index in [2.05, 4.69) is 10.3 Å². The van der Waals surface area contributed by atoms with E-state index in [4.69, 9.17) is 8.83 Å². The number of hydrogen-bond acceptors (Lipinski definition) is 7. The maximum atomic E-state index is 13.0. The van der Waals surface area contributed by atoms with Crippen molar-refractivity contribution in [2.75, 3.05) is 16.7 Å². The average Bonchev–Trinajstić information content (AvgIpc) is 3.24. The second kappa shape index (κ2) is 7.40. The summed E-state index contributed by atoms with van der Waals surface area (Å²) >= 11 is 0. The molecular formula is C19H20N4O4S. The average molecular weight is 400 g/mol. The zero-order valence-corrected chi connectivity index (χ0v) is 16.7. The molecule has 8 nitrogen and oxygen atoms in total. The minimum Gasteiger partial charge on any atom is -0.455 e. The van der Waals surface area contributed by atoms with Crippen molar-refractivity contribution in [3.63, 3.8) is 0 Å². The van der Waals surface area contributed by atoms with E-state index >= 15 is 0 Å². The lowest BCUT2D eigenvalue weighted by Crippen LogP contribution is -2.26. The molecule has 1 N–H and O–H groups in total. The van der Waals surface area contributed by atoms with Gasteiger partial charge in [0.15, 0.2) is 5.76 Å². The Bertz CT molecular complexity index is 1120. The largest absolute Gasteiger partial charge is 0.455 e. The summed E-state index contributed by atoms with van der Waals surface area (Å²) in [5, 5.41) is 12.2. The van der Waals surface area contributed by atoms with Crippen LogP contribution in [-0.2, 0) is 10.0 Å². The lowest BCUT2D eigenvalue weighted by molar-refractivity contribution is 0.498. The third-order valence-corrected chi connectivity index (χ3v) is 5.89. The van der Waals surface area contributed by atoms with Gasteiger partial charge in [-0.1, -0.05) is 18.2 Å². The topological polar surface area (TPSA) is 112 Å². The highest BCUT2D eigenvalue weighted by molar-refractivity contribution is 7.92. The molecule has 2 aromatic heterocycles. The summed E-state index contributed by atoms with van der Waals surface area (Å²) in [7, 11) is -2.38. The smallest absolute Gasteiger partial charge is 0.267 e. The van der Waals surface area contributed by atoms with E-state index in [0.717, 1.165) is 0 Å². The number of aryl methyl sites for hydroxylation is 1. The van der Waals surface area contributed by atoms with Gasteiger partial charge in [0, 0.05) is 19.2 Å². The van der Waals surface area contributed by atoms with Gasteiger partial charge in [-0.05, 0) is 32.9 Å². The Balaban J connectivity index is 2.00. The van der Waals surface area contributed by atoms with E-state index in [9.17, 15) is 13.7 Å². The molecule has 0 fully saturated rings. The van der Waals surface area contributed by atoms with Gasteiger partial charge < -0.3 is 14.2 Å². The highest BCUT2D eigenvalue weighted by Crippen LogP contribution is 2.33. The van der Waals surface area contributed by atoms with Gasteiger partial charge in [-0.2, -0.15) is 10.2 Å². The molecule has 0 unspecified atom stereocenters. The van der Waals surface area contributed by atoms with Crippen LogP contribution in [0.2, 0.25) is 0 Å². The number of nitriles is 1. The zero-order valence-electron chi connectivity index (χ0n) is 15.9. The van der Waals surface area contributed by atoms with E-state index in [1.807, 2.05) is 26.0 Å². The summed E-state index contributed by atoms with van der Waals surface area (Å²) in [5.74, 6) is 0.581. The summed E-state index contributed by atoms with van der Waals surface area (Å²) in [6.07, 6.45) is 0. The Morgan fingerprint density at radius 1 is 1.21 bits per heavy atom. The van der Waals surface area contributed by atoms with Gasteiger partial charge in [-0.15, -0.1) is 0 Å². The Morgan fingerprint density at radius 2 is 1.89 bits per heavy atom. The summed E-state index contributed by atoms with van der Waals surface area (Å²) < 4.78 is 38.4. The van der Waals surface area contributed by atoms with Gasteiger partial charge in [-0.3, -0.25) is 4.31 Å². The predicted octanol–water partition coefficient (Wildman–Crippen LogP) is 3.76. The van der Waals surface area contributed by atoms with E-state index in [-0.39, 0.29) is 39.9 Å². The molecule has 0 radical (unpaired) electrons. The number of nitrogens with one attached hydrogen (secondary N) is 1. The third kappa shape index (κ3) is 3.59. The minimum atomic E-state index is -3.85. The van der Waals surface area contributed by atoms with Crippen LogP contribution >= 0.6 is 0 Å². The van der Waals surface area contributed by atoms with Crippen molar-refractivity contribution in [3.05, 3.63) is 47.9 Å². The first kappa shape index (κ1) is 19.5. The van der Waals surface area contributed by atoms with Crippen molar-refractivity contribution >= 4 is 21.6 Å². The van der Waals surface area contributed by atoms with Gasteiger partial charge in [0.25, 0.3) is 15.9 Å². The molecule has 2 heterocycles. The van der Waals surface area contributed by atoms with Crippen molar-refractivity contribution in [2.24, 2.45) is 0 Å². The molecular weight excluding hydrogens is 380 g/mol. The van der Waals surface area contributed by atoms with E-state index < -0.39 is 10.0 Å². The van der Waals surface area contributed by atoms with Crippen LogP contribution < -0.4 is 9.62 Å². The maximum absolute atomic E-state index is 13.0. The first-order valence-electron chi connectivity index (χ1n) is 8.56. The van der Waals surface area contributed by atoms with Crippen LogP contribution in [0, 0.1) is 18.3 Å². The molecule has 0 aliphatic carbocycles. The number of nitrogens with zero attached hydrogens (tertiary/aromatic N) is 3. The van der Waals surface area contributed by atoms with Gasteiger partial charge >= 0.3 is 0 Å². The highest BCUT2D eigenvalue weighted by Gasteiger charge is 2.28. The minimum absolute atomic E-state index is 0.00364. The van der Waals surface area contributed by atoms with E-state index in [1.165, 1.54) is 17.4 Å². The van der Waals surface area contributed by atoms with Crippen molar-refractivity contribution in [2.45, 2.75) is 31.7 Å². The molecule has 28 heavy (non-hydrogen) atoms. The lowest BCUT2D eigenvalue weighted by Gasteiger charge is -2.18. The first-order valence-corrected chi connectivity index (χ1v) is 10.00. The van der Waals surface area contributed by atoms with Crippen LogP contribution in [0.4, 0.5) is 11.6 Å². The van der Waals surface area contributed by atoms with Crippen LogP contribution in [0.3, 0.4) is 0 Å². The zero-order chi connectivity index (χ0) is 20.5. The van der Waals surface area contributed by atoms with E-state index in [1.54, 1.807) is 31.2 Å². The number of anilines is 2. The molecule has 0 saturated heterocycles. The Morgan fingerprint density at radius 3 is 2.50 bits per heavy atom. The summed E-state index contributed by atoms with van der Waals surface area (Å²) in [6, 6.07) is 12.1. The quantitative estimate of drug-likeness (QED) is 0.670. The highest BCUT2D eigenvalue weighted by atomic mass is 32.2. The fourth-order valence-corrected chi connectivity index (χ4v) is 3.97. The monoisotopic (exact) mass is 400 g/mol. The fraction of sp³-hybridized carbons (Fsp3) is 0.263. The lowest BCUT2D eigenvalue weighted by atomic mass is 10.3. The van der Waals surface area contributed by atoms with Crippen LogP contribution in [-0.4, -0.2) is 26.5 Å². The summed E-state index contributed by atoms with van der Waals surface area (Å²) in [6.45, 7) is 5.34. The molecule has 0 aliphatic heterocycles. The van der Waals surface area contributed by atoms with Gasteiger partial charge in [-0.25, -0.2) is 8.42 Å². The molecule has 0 spiro atoms. The Labute approximate surface area is 163 Å². The van der Waals surface area contributed by atoms with Crippen molar-refractivity contribution in [3.8, 4) is 17.7 Å². The summed E-state index contributed by atoms with van der Waals surface area (Å²) in [5.41, 5.74) is 0.597. The standard InChI is InChI=1S/C19H20N4O4S/c1-12(2)21-18-15(11-20)22-19(27-18)16-10-17(13(3)26-16)28(24,25)23(4)14-8-6-5-7-9-14/h5-10,12,21H,1-4H3. The number of para-hydroxylation sites is 1. The van der Waals surface area contributed by atoms with Crippen molar-refractivity contribution in [1.29, 1.82) is 5.26 Å². The van der Waals surface area contributed by atoms with Crippen LogP contribution in [0.5, 0.6) is 0 Å². The normalized spacial score (nSPS) is 11.4.